The Morgan fingerprint density at radius 2 is 2.00 bits per heavy atom. The van der Waals surface area contributed by atoms with Gasteiger partial charge in [0.2, 0.25) is 0 Å². The number of fused-ring (bicyclic) bond motifs is 1. The number of hydrogen-bond donors (Lipinski definition) is 1. The van der Waals surface area contributed by atoms with E-state index in [0.29, 0.717) is 11.6 Å². The smallest absolute Gasteiger partial charge is 0.146 e. The number of hydrogen-bond acceptors (Lipinski definition) is 5. The maximum absolute atomic E-state index is 13.5. The monoisotopic (exact) mass is 364 g/mol. The molecule has 1 aromatic heterocycles. The molecule has 0 saturated carbocycles. The maximum Gasteiger partial charge on any atom is 0.146 e. The van der Waals surface area contributed by atoms with Gasteiger partial charge >= 0.3 is 0 Å². The van der Waals surface area contributed by atoms with Crippen molar-refractivity contribution >= 4 is 5.82 Å². The highest BCUT2D eigenvalue weighted by Gasteiger charge is 2.23. The van der Waals surface area contributed by atoms with E-state index in [1.165, 1.54) is 17.7 Å². The highest BCUT2D eigenvalue weighted by Crippen LogP contribution is 2.33. The largest absolute Gasteiger partial charge is 0.486 e. The number of nitrogen functional groups attached to an aromatic ring is 1. The number of nitrogens with two attached hydrogens (primary N) is 1. The quantitative estimate of drug-likeness (QED) is 0.765. The van der Waals surface area contributed by atoms with Crippen LogP contribution in [0.5, 0.6) is 5.75 Å². The van der Waals surface area contributed by atoms with E-state index >= 15 is 0 Å². The number of rotatable bonds is 3. The molecule has 0 bridgehead atoms. The van der Waals surface area contributed by atoms with Gasteiger partial charge in [0.25, 0.3) is 0 Å². The van der Waals surface area contributed by atoms with Crippen molar-refractivity contribution in [2.24, 2.45) is 0 Å². The van der Waals surface area contributed by atoms with Crippen LogP contribution in [0.4, 0.5) is 10.2 Å². The van der Waals surface area contributed by atoms with E-state index < -0.39 is 0 Å². The Kier molecular flexibility index (Phi) is 4.73. The molecular formula is C21H21FN4O. The molecule has 0 spiro atoms. The molecule has 5 nitrogen and oxygen atoms in total. The van der Waals surface area contributed by atoms with Crippen LogP contribution < -0.4 is 10.5 Å². The SMILES string of the molecule is CN1CCC(Oc2cccc(F)c2)c2ccc(-c3ccc(N)nn3)cc2C1. The van der Waals surface area contributed by atoms with Crippen LogP contribution in [-0.4, -0.2) is 28.7 Å². The lowest BCUT2D eigenvalue weighted by molar-refractivity contribution is 0.182. The molecule has 0 amide bonds. The van der Waals surface area contributed by atoms with Gasteiger partial charge in [-0.2, -0.15) is 0 Å². The van der Waals surface area contributed by atoms with Crippen molar-refractivity contribution < 1.29 is 9.13 Å². The van der Waals surface area contributed by atoms with Crippen molar-refractivity contribution in [1.29, 1.82) is 0 Å². The zero-order chi connectivity index (χ0) is 18.8. The molecule has 2 heterocycles. The van der Waals surface area contributed by atoms with Crippen molar-refractivity contribution in [3.05, 3.63) is 71.5 Å². The van der Waals surface area contributed by atoms with Gasteiger partial charge < -0.3 is 15.4 Å². The lowest BCUT2D eigenvalue weighted by atomic mass is 9.97. The molecule has 2 aromatic carbocycles. The predicted octanol–water partition coefficient (Wildman–Crippen LogP) is 3.82. The van der Waals surface area contributed by atoms with Gasteiger partial charge in [0.1, 0.15) is 23.5 Å². The van der Waals surface area contributed by atoms with Crippen molar-refractivity contribution in [2.75, 3.05) is 19.3 Å². The summed E-state index contributed by atoms with van der Waals surface area (Å²) in [5.41, 5.74) is 9.69. The molecule has 2 N–H and O–H groups in total. The third kappa shape index (κ3) is 3.90. The molecule has 1 unspecified atom stereocenters. The molecule has 4 rings (SSSR count). The second-order valence-corrected chi connectivity index (χ2v) is 6.85. The second-order valence-electron chi connectivity index (χ2n) is 6.85. The Balaban J connectivity index is 1.68. The van der Waals surface area contributed by atoms with E-state index in [1.54, 1.807) is 18.2 Å². The first-order valence-corrected chi connectivity index (χ1v) is 8.91. The number of benzene rings is 2. The van der Waals surface area contributed by atoms with Crippen LogP contribution in [0.25, 0.3) is 11.3 Å². The Morgan fingerprint density at radius 3 is 2.78 bits per heavy atom. The normalized spacial score (nSPS) is 17.2. The van der Waals surface area contributed by atoms with Crippen LogP contribution in [-0.2, 0) is 6.54 Å². The van der Waals surface area contributed by atoms with E-state index in [-0.39, 0.29) is 11.9 Å². The Bertz CT molecular complexity index is 945. The van der Waals surface area contributed by atoms with Crippen LogP contribution in [0.3, 0.4) is 0 Å². The van der Waals surface area contributed by atoms with Gasteiger partial charge in [-0.15, -0.1) is 10.2 Å². The summed E-state index contributed by atoms with van der Waals surface area (Å²) in [4.78, 5) is 2.26. The van der Waals surface area contributed by atoms with Crippen LogP contribution >= 0.6 is 0 Å². The molecule has 0 saturated heterocycles. The van der Waals surface area contributed by atoms with Crippen molar-refractivity contribution in [2.45, 2.75) is 19.1 Å². The van der Waals surface area contributed by atoms with E-state index in [4.69, 9.17) is 10.5 Å². The Morgan fingerprint density at radius 1 is 1.11 bits per heavy atom. The minimum absolute atomic E-state index is 0.127. The first kappa shape index (κ1) is 17.4. The number of halogens is 1. The van der Waals surface area contributed by atoms with Crippen LogP contribution in [0.2, 0.25) is 0 Å². The van der Waals surface area contributed by atoms with Gasteiger partial charge in [0.05, 0.1) is 5.69 Å². The fourth-order valence-electron chi connectivity index (χ4n) is 3.40. The Hall–Kier alpha value is -2.99. The molecule has 1 aliphatic heterocycles. The molecule has 3 aromatic rings. The fourth-order valence-corrected chi connectivity index (χ4v) is 3.40. The van der Waals surface area contributed by atoms with Crippen molar-refractivity contribution in [3.63, 3.8) is 0 Å². The molecule has 0 aliphatic carbocycles. The van der Waals surface area contributed by atoms with Gasteiger partial charge in [-0.1, -0.05) is 18.2 Å². The fraction of sp³-hybridized carbons (Fsp3) is 0.238. The summed E-state index contributed by atoms with van der Waals surface area (Å²) in [6.45, 7) is 1.71. The molecule has 1 aliphatic rings. The third-order valence-electron chi connectivity index (χ3n) is 4.76. The van der Waals surface area contributed by atoms with Gasteiger partial charge in [0, 0.05) is 31.1 Å². The molecule has 138 valence electrons. The lowest BCUT2D eigenvalue weighted by Crippen LogP contribution is -2.18. The molecular weight excluding hydrogens is 343 g/mol. The standard InChI is InChI=1S/C21H21FN4O/c1-26-10-9-20(27-17-4-2-3-16(22)12-17)18-6-5-14(11-15(18)13-26)19-7-8-21(23)25-24-19/h2-8,11-12,20H,9-10,13H2,1H3,(H2,23,25). The van der Waals surface area contributed by atoms with Gasteiger partial charge in [-0.3, -0.25) is 0 Å². The van der Waals surface area contributed by atoms with Crippen LogP contribution in [0.15, 0.2) is 54.6 Å². The average molecular weight is 364 g/mol. The van der Waals surface area contributed by atoms with Crippen LogP contribution in [0, 0.1) is 5.82 Å². The molecule has 0 fully saturated rings. The topological polar surface area (TPSA) is 64.3 Å². The maximum atomic E-state index is 13.5. The van der Waals surface area contributed by atoms with Gasteiger partial charge in [0.15, 0.2) is 0 Å². The summed E-state index contributed by atoms with van der Waals surface area (Å²) >= 11 is 0. The van der Waals surface area contributed by atoms with E-state index in [1.807, 2.05) is 12.1 Å². The number of ether oxygens (including phenoxy) is 1. The van der Waals surface area contributed by atoms with Crippen molar-refractivity contribution in [1.82, 2.24) is 15.1 Å². The average Bonchev–Trinajstić information content (AvgIpc) is 2.80. The summed E-state index contributed by atoms with van der Waals surface area (Å²) in [5.74, 6) is 0.650. The lowest BCUT2D eigenvalue weighted by Gasteiger charge is -2.20. The Labute approximate surface area is 157 Å². The first-order chi connectivity index (χ1) is 13.1. The summed E-state index contributed by atoms with van der Waals surface area (Å²) in [6.07, 6.45) is 0.708. The van der Waals surface area contributed by atoms with E-state index in [9.17, 15) is 4.39 Å². The third-order valence-corrected chi connectivity index (χ3v) is 4.76. The zero-order valence-electron chi connectivity index (χ0n) is 15.1. The first-order valence-electron chi connectivity index (χ1n) is 8.91. The number of anilines is 1. The zero-order valence-corrected chi connectivity index (χ0v) is 15.1. The number of nitrogens with zero attached hydrogens (tertiary/aromatic N) is 3. The highest BCUT2D eigenvalue weighted by molar-refractivity contribution is 5.61. The summed E-state index contributed by atoms with van der Waals surface area (Å²) < 4.78 is 19.7. The highest BCUT2D eigenvalue weighted by atomic mass is 19.1. The van der Waals surface area contributed by atoms with Gasteiger partial charge in [-0.25, -0.2) is 4.39 Å². The second kappa shape index (κ2) is 7.32. The minimum atomic E-state index is -0.296. The summed E-state index contributed by atoms with van der Waals surface area (Å²) in [5, 5.41) is 8.11. The minimum Gasteiger partial charge on any atom is -0.486 e. The molecule has 6 heteroatoms. The number of aromatic nitrogens is 2. The summed E-state index contributed by atoms with van der Waals surface area (Å²) in [6, 6.07) is 16.1. The van der Waals surface area contributed by atoms with E-state index in [2.05, 4.69) is 34.3 Å². The molecule has 1 atom stereocenters. The van der Waals surface area contributed by atoms with E-state index in [0.717, 1.165) is 36.3 Å². The van der Waals surface area contributed by atoms with Crippen molar-refractivity contribution in [3.8, 4) is 17.0 Å². The predicted molar refractivity (Wildman–Crippen MR) is 103 cm³/mol. The molecule has 27 heavy (non-hydrogen) atoms. The molecule has 0 radical (unpaired) electrons. The van der Waals surface area contributed by atoms with Crippen LogP contribution in [0.1, 0.15) is 23.7 Å². The summed E-state index contributed by atoms with van der Waals surface area (Å²) in [7, 11) is 2.09. The van der Waals surface area contributed by atoms with Gasteiger partial charge in [-0.05, 0) is 48.5 Å².